The molecule has 3 nitrogen and oxygen atoms in total. The van der Waals surface area contributed by atoms with Crippen molar-refractivity contribution in [3.05, 3.63) is 65.7 Å². The zero-order valence-corrected chi connectivity index (χ0v) is 11.8. The molecule has 2 atom stereocenters. The third-order valence-electron chi connectivity index (χ3n) is 3.89. The lowest BCUT2D eigenvalue weighted by atomic mass is 9.89. The molecule has 3 rings (SSSR count). The third kappa shape index (κ3) is 2.15. The minimum Gasteiger partial charge on any atom is -0.387 e. The molecule has 4 heteroatoms. The maximum absolute atomic E-state index is 12.6. The van der Waals surface area contributed by atoms with E-state index in [0.29, 0.717) is 12.8 Å². The summed E-state index contributed by atoms with van der Waals surface area (Å²) in [6.07, 6.45) is 0.185. The van der Waals surface area contributed by atoms with Crippen LogP contribution >= 0.6 is 0 Å². The van der Waals surface area contributed by atoms with E-state index in [1.165, 1.54) is 0 Å². The first kappa shape index (κ1) is 13.3. The van der Waals surface area contributed by atoms with E-state index >= 15 is 0 Å². The third-order valence-corrected chi connectivity index (χ3v) is 6.11. The Labute approximate surface area is 118 Å². The van der Waals surface area contributed by atoms with Crippen molar-refractivity contribution in [3.8, 4) is 0 Å². The van der Waals surface area contributed by atoms with E-state index < -0.39 is 21.2 Å². The first-order valence-electron chi connectivity index (χ1n) is 6.65. The van der Waals surface area contributed by atoms with Gasteiger partial charge in [0.2, 0.25) is 0 Å². The van der Waals surface area contributed by atoms with Gasteiger partial charge < -0.3 is 5.11 Å². The van der Waals surface area contributed by atoms with Gasteiger partial charge in [0.25, 0.3) is 0 Å². The summed E-state index contributed by atoms with van der Waals surface area (Å²) >= 11 is 0. The average Bonchev–Trinajstić information content (AvgIpc) is 2.48. The number of benzene rings is 2. The lowest BCUT2D eigenvalue weighted by Gasteiger charge is -2.29. The van der Waals surface area contributed by atoms with Gasteiger partial charge in [-0.1, -0.05) is 42.5 Å². The zero-order valence-electron chi connectivity index (χ0n) is 10.9. The van der Waals surface area contributed by atoms with Crippen molar-refractivity contribution in [2.45, 2.75) is 29.1 Å². The van der Waals surface area contributed by atoms with Gasteiger partial charge in [0.1, 0.15) is 0 Å². The minimum absolute atomic E-state index is 0.281. The normalized spacial score (nSPS) is 22.2. The highest BCUT2D eigenvalue weighted by atomic mass is 32.2. The molecule has 0 saturated carbocycles. The van der Waals surface area contributed by atoms with Gasteiger partial charge in [-0.05, 0) is 36.1 Å². The molecule has 0 bridgehead atoms. The van der Waals surface area contributed by atoms with Crippen LogP contribution < -0.4 is 0 Å². The highest BCUT2D eigenvalue weighted by molar-refractivity contribution is 7.92. The predicted octanol–water partition coefficient (Wildman–Crippen LogP) is 2.51. The van der Waals surface area contributed by atoms with Crippen molar-refractivity contribution < 1.29 is 13.5 Å². The quantitative estimate of drug-likeness (QED) is 0.924. The first-order chi connectivity index (χ1) is 9.60. The van der Waals surface area contributed by atoms with Gasteiger partial charge in [0.15, 0.2) is 9.84 Å². The molecule has 0 aliphatic heterocycles. The maximum atomic E-state index is 12.6. The molecular formula is C16H16O3S. The summed E-state index contributed by atoms with van der Waals surface area (Å²) in [5, 5.41) is 9.67. The molecule has 1 aliphatic rings. The highest BCUT2D eigenvalue weighted by Crippen LogP contribution is 2.36. The number of fused-ring (bicyclic) bond motifs is 1. The van der Waals surface area contributed by atoms with E-state index in [1.54, 1.807) is 30.3 Å². The average molecular weight is 288 g/mol. The van der Waals surface area contributed by atoms with E-state index in [1.807, 2.05) is 24.3 Å². The zero-order chi connectivity index (χ0) is 14.2. The van der Waals surface area contributed by atoms with Crippen molar-refractivity contribution in [1.82, 2.24) is 0 Å². The van der Waals surface area contributed by atoms with Crippen molar-refractivity contribution in [1.29, 1.82) is 0 Å². The summed E-state index contributed by atoms with van der Waals surface area (Å²) in [6, 6.07) is 15.9. The van der Waals surface area contributed by atoms with Crippen molar-refractivity contribution >= 4 is 9.84 Å². The van der Waals surface area contributed by atoms with Crippen LogP contribution in [0.15, 0.2) is 59.5 Å². The number of aliphatic hydroxyl groups is 1. The van der Waals surface area contributed by atoms with E-state index in [0.717, 1.165) is 11.1 Å². The Balaban J connectivity index is 2.01. The van der Waals surface area contributed by atoms with E-state index in [9.17, 15) is 13.5 Å². The highest BCUT2D eigenvalue weighted by Gasteiger charge is 2.37. The molecule has 0 aromatic heterocycles. The van der Waals surface area contributed by atoms with Crippen molar-refractivity contribution in [2.24, 2.45) is 0 Å². The second kappa shape index (κ2) is 5.04. The molecule has 1 aliphatic carbocycles. The monoisotopic (exact) mass is 288 g/mol. The first-order valence-corrected chi connectivity index (χ1v) is 8.20. The Kier molecular flexibility index (Phi) is 3.36. The molecule has 0 heterocycles. The fourth-order valence-electron chi connectivity index (χ4n) is 2.82. The number of aryl methyl sites for hydroxylation is 1. The smallest absolute Gasteiger partial charge is 0.184 e. The lowest BCUT2D eigenvalue weighted by molar-refractivity contribution is 0.159. The van der Waals surface area contributed by atoms with E-state index in [-0.39, 0.29) is 4.90 Å². The van der Waals surface area contributed by atoms with Gasteiger partial charge in [-0.15, -0.1) is 0 Å². The van der Waals surface area contributed by atoms with Crippen LogP contribution in [0.5, 0.6) is 0 Å². The number of aliphatic hydroxyl groups excluding tert-OH is 1. The van der Waals surface area contributed by atoms with Crippen LogP contribution in [-0.4, -0.2) is 18.8 Å². The minimum atomic E-state index is -3.50. The van der Waals surface area contributed by atoms with Crippen molar-refractivity contribution in [3.63, 3.8) is 0 Å². The largest absolute Gasteiger partial charge is 0.387 e. The Morgan fingerprint density at radius 3 is 2.35 bits per heavy atom. The van der Waals surface area contributed by atoms with Crippen LogP contribution in [0.4, 0.5) is 0 Å². The summed E-state index contributed by atoms with van der Waals surface area (Å²) in [5.41, 5.74) is 1.78. The van der Waals surface area contributed by atoms with Gasteiger partial charge >= 0.3 is 0 Å². The fourth-order valence-corrected chi connectivity index (χ4v) is 4.62. The summed E-state index contributed by atoms with van der Waals surface area (Å²) in [5.74, 6) is 0. The van der Waals surface area contributed by atoms with Crippen molar-refractivity contribution in [2.75, 3.05) is 0 Å². The molecule has 0 unspecified atom stereocenters. The van der Waals surface area contributed by atoms with Crippen LogP contribution in [0.2, 0.25) is 0 Å². The van der Waals surface area contributed by atoms with Gasteiger partial charge in [-0.25, -0.2) is 8.42 Å². The van der Waals surface area contributed by atoms with Gasteiger partial charge in [-0.3, -0.25) is 0 Å². The van der Waals surface area contributed by atoms with Gasteiger partial charge in [-0.2, -0.15) is 0 Å². The van der Waals surface area contributed by atoms with Gasteiger partial charge in [0.05, 0.1) is 16.2 Å². The van der Waals surface area contributed by atoms with Crippen LogP contribution in [0.25, 0.3) is 0 Å². The molecule has 20 heavy (non-hydrogen) atoms. The van der Waals surface area contributed by atoms with Crippen LogP contribution in [0.3, 0.4) is 0 Å². The predicted molar refractivity (Wildman–Crippen MR) is 77.1 cm³/mol. The van der Waals surface area contributed by atoms with E-state index in [2.05, 4.69) is 0 Å². The molecule has 0 saturated heterocycles. The van der Waals surface area contributed by atoms with E-state index in [4.69, 9.17) is 0 Å². The fraction of sp³-hybridized carbons (Fsp3) is 0.250. The Morgan fingerprint density at radius 1 is 0.950 bits per heavy atom. The van der Waals surface area contributed by atoms with Crippen LogP contribution in [-0.2, 0) is 16.3 Å². The Bertz CT molecular complexity index is 708. The summed E-state index contributed by atoms with van der Waals surface area (Å²) in [7, 11) is -3.50. The number of hydrogen-bond donors (Lipinski definition) is 1. The molecular weight excluding hydrogens is 272 g/mol. The Hall–Kier alpha value is -1.65. The molecule has 104 valence electrons. The summed E-state index contributed by atoms with van der Waals surface area (Å²) in [6.45, 7) is 0. The van der Waals surface area contributed by atoms with Gasteiger partial charge in [0, 0.05) is 0 Å². The molecule has 0 amide bonds. The number of sulfone groups is 1. The summed E-state index contributed by atoms with van der Waals surface area (Å²) in [4.78, 5) is 0.281. The van der Waals surface area contributed by atoms with Crippen LogP contribution in [0.1, 0.15) is 23.7 Å². The molecule has 0 fully saturated rings. The maximum Gasteiger partial charge on any atom is 0.184 e. The van der Waals surface area contributed by atoms with Crippen LogP contribution in [0, 0.1) is 0 Å². The second-order valence-corrected chi connectivity index (χ2v) is 7.25. The topological polar surface area (TPSA) is 54.4 Å². The number of rotatable bonds is 2. The molecule has 0 spiro atoms. The molecule has 1 N–H and O–H groups in total. The standard InChI is InChI=1S/C16H16O3S/c17-16-14-9-5-4-6-12(14)10-11-15(16)20(18,19)13-7-2-1-3-8-13/h1-9,15-17H,10-11H2/t15-,16+/m1/s1. The molecule has 2 aromatic carbocycles. The second-order valence-electron chi connectivity index (χ2n) is 5.08. The Morgan fingerprint density at radius 2 is 1.60 bits per heavy atom. The molecule has 0 radical (unpaired) electrons. The number of hydrogen-bond acceptors (Lipinski definition) is 3. The molecule has 2 aromatic rings. The SMILES string of the molecule is O=S(=O)(c1ccccc1)[C@@H]1CCc2ccccc2[C@@H]1O. The lowest BCUT2D eigenvalue weighted by Crippen LogP contribution is -2.33. The summed E-state index contributed by atoms with van der Waals surface area (Å²) < 4.78 is 25.3.